The Morgan fingerprint density at radius 3 is 2.47 bits per heavy atom. The van der Waals surface area contributed by atoms with Crippen LogP contribution in [-0.2, 0) is 0 Å². The maximum absolute atomic E-state index is 14.6. The number of rotatable bonds is 5. The predicted octanol–water partition coefficient (Wildman–Crippen LogP) is 5.48. The van der Waals surface area contributed by atoms with Crippen LogP contribution in [0.25, 0.3) is 22.2 Å². The van der Waals surface area contributed by atoms with Crippen molar-refractivity contribution >= 4 is 17.0 Å². The second-order valence-electron chi connectivity index (χ2n) is 6.96. The number of methoxy groups -OCH3 is 1. The van der Waals surface area contributed by atoms with Crippen LogP contribution in [0.15, 0.2) is 48.5 Å². The molecule has 0 radical (unpaired) electrons. The van der Waals surface area contributed by atoms with Gasteiger partial charge in [0.1, 0.15) is 17.3 Å². The standard InChI is InChI=1S/C23H19FN2O4/c1-12-4-5-15(9-18(12)22(27)28)30-23-25-20-8-13(2)17(11-21(20)26-23)16-7-6-14(29-3)10-19(16)24/h4-11H,1-3H3,(H,25,26)(H,27,28). The summed E-state index contributed by atoms with van der Waals surface area (Å²) in [6, 6.07) is 13.4. The lowest BCUT2D eigenvalue weighted by molar-refractivity contribution is 0.0695. The zero-order valence-electron chi connectivity index (χ0n) is 16.6. The molecule has 0 saturated heterocycles. The summed E-state index contributed by atoms with van der Waals surface area (Å²) in [5.41, 5.74) is 4.16. The molecule has 6 nitrogen and oxygen atoms in total. The topological polar surface area (TPSA) is 84.4 Å². The molecule has 1 aromatic heterocycles. The summed E-state index contributed by atoms with van der Waals surface area (Å²) in [5.74, 6) is -0.603. The van der Waals surface area contributed by atoms with Crippen molar-refractivity contribution in [2.75, 3.05) is 7.11 Å². The lowest BCUT2D eigenvalue weighted by atomic mass is 9.99. The molecule has 0 aliphatic carbocycles. The first-order chi connectivity index (χ1) is 14.4. The molecule has 3 aromatic carbocycles. The van der Waals surface area contributed by atoms with E-state index in [9.17, 15) is 14.3 Å². The first-order valence-corrected chi connectivity index (χ1v) is 9.22. The molecule has 0 unspecified atom stereocenters. The number of ether oxygens (including phenoxy) is 2. The predicted molar refractivity (Wildman–Crippen MR) is 111 cm³/mol. The van der Waals surface area contributed by atoms with Crippen LogP contribution in [0.4, 0.5) is 4.39 Å². The van der Waals surface area contributed by atoms with Gasteiger partial charge in [-0.25, -0.2) is 9.18 Å². The van der Waals surface area contributed by atoms with Gasteiger partial charge < -0.3 is 19.6 Å². The number of fused-ring (bicyclic) bond motifs is 1. The average Bonchev–Trinajstić information content (AvgIpc) is 3.09. The Bertz CT molecular complexity index is 1280. The Balaban J connectivity index is 1.70. The van der Waals surface area contributed by atoms with Crippen LogP contribution in [-0.4, -0.2) is 28.2 Å². The van der Waals surface area contributed by atoms with Gasteiger partial charge in [0.2, 0.25) is 0 Å². The van der Waals surface area contributed by atoms with E-state index in [2.05, 4.69) is 9.97 Å². The molecule has 4 aromatic rings. The number of benzene rings is 3. The quantitative estimate of drug-likeness (QED) is 0.458. The highest BCUT2D eigenvalue weighted by Gasteiger charge is 2.14. The van der Waals surface area contributed by atoms with Crippen LogP contribution in [0.5, 0.6) is 17.5 Å². The third-order valence-electron chi connectivity index (χ3n) is 4.93. The third kappa shape index (κ3) is 3.57. The molecular weight excluding hydrogens is 387 g/mol. The molecule has 30 heavy (non-hydrogen) atoms. The van der Waals surface area contributed by atoms with Crippen molar-refractivity contribution in [1.29, 1.82) is 0 Å². The summed E-state index contributed by atoms with van der Waals surface area (Å²) < 4.78 is 25.3. The van der Waals surface area contributed by atoms with Crippen LogP contribution in [0.2, 0.25) is 0 Å². The molecule has 1 heterocycles. The maximum atomic E-state index is 14.6. The van der Waals surface area contributed by atoms with Crippen molar-refractivity contribution in [3.05, 3.63) is 71.0 Å². The smallest absolute Gasteiger partial charge is 0.336 e. The fourth-order valence-electron chi connectivity index (χ4n) is 3.33. The molecule has 0 aliphatic rings. The van der Waals surface area contributed by atoms with E-state index in [4.69, 9.17) is 9.47 Å². The fraction of sp³-hybridized carbons (Fsp3) is 0.130. The Hall–Kier alpha value is -3.87. The van der Waals surface area contributed by atoms with Gasteiger partial charge in [-0.15, -0.1) is 0 Å². The van der Waals surface area contributed by atoms with Crippen molar-refractivity contribution in [1.82, 2.24) is 9.97 Å². The molecule has 2 N–H and O–H groups in total. The minimum absolute atomic E-state index is 0.164. The number of imidazole rings is 1. The second kappa shape index (κ2) is 7.51. The van der Waals surface area contributed by atoms with E-state index in [0.29, 0.717) is 33.7 Å². The van der Waals surface area contributed by atoms with Gasteiger partial charge >= 0.3 is 5.97 Å². The molecule has 0 spiro atoms. The molecule has 0 bridgehead atoms. The number of nitrogens with zero attached hydrogens (tertiary/aromatic N) is 1. The van der Waals surface area contributed by atoms with Gasteiger partial charge in [-0.1, -0.05) is 6.07 Å². The summed E-state index contributed by atoms with van der Waals surface area (Å²) in [6.45, 7) is 3.61. The zero-order valence-corrected chi connectivity index (χ0v) is 16.6. The highest BCUT2D eigenvalue weighted by molar-refractivity contribution is 5.90. The number of aromatic carboxylic acids is 1. The number of hydrogen-bond acceptors (Lipinski definition) is 4. The minimum Gasteiger partial charge on any atom is -0.497 e. The number of halogens is 1. The largest absolute Gasteiger partial charge is 0.497 e. The van der Waals surface area contributed by atoms with E-state index < -0.39 is 5.97 Å². The van der Waals surface area contributed by atoms with Crippen LogP contribution < -0.4 is 9.47 Å². The van der Waals surface area contributed by atoms with Crippen molar-refractivity contribution < 1.29 is 23.8 Å². The van der Waals surface area contributed by atoms with Gasteiger partial charge in [-0.2, -0.15) is 4.98 Å². The first-order valence-electron chi connectivity index (χ1n) is 9.22. The molecule has 0 aliphatic heterocycles. The van der Waals surface area contributed by atoms with Gasteiger partial charge in [0.15, 0.2) is 0 Å². The van der Waals surface area contributed by atoms with E-state index in [1.165, 1.54) is 19.2 Å². The molecule has 7 heteroatoms. The van der Waals surface area contributed by atoms with Crippen LogP contribution in [0, 0.1) is 19.7 Å². The van der Waals surface area contributed by atoms with Gasteiger partial charge in [0, 0.05) is 11.6 Å². The van der Waals surface area contributed by atoms with Crippen LogP contribution in [0.3, 0.4) is 0 Å². The lowest BCUT2D eigenvalue weighted by Gasteiger charge is -2.09. The third-order valence-corrected chi connectivity index (χ3v) is 4.93. The Labute approximate surface area is 171 Å². The number of hydrogen-bond donors (Lipinski definition) is 2. The van der Waals surface area contributed by atoms with E-state index in [1.54, 1.807) is 37.3 Å². The number of carboxylic acids is 1. The number of carbonyl (C=O) groups is 1. The fourth-order valence-corrected chi connectivity index (χ4v) is 3.33. The summed E-state index contributed by atoms with van der Waals surface area (Å²) in [5, 5.41) is 9.28. The van der Waals surface area contributed by atoms with Crippen molar-refractivity contribution in [3.8, 4) is 28.6 Å². The number of aromatic nitrogens is 2. The Kier molecular flexibility index (Phi) is 4.87. The van der Waals surface area contributed by atoms with Crippen molar-refractivity contribution in [2.45, 2.75) is 13.8 Å². The average molecular weight is 406 g/mol. The SMILES string of the molecule is COc1ccc(-c2cc3nc(Oc4ccc(C)c(C(=O)O)c4)[nH]c3cc2C)c(F)c1. The van der Waals surface area contributed by atoms with E-state index >= 15 is 0 Å². The summed E-state index contributed by atoms with van der Waals surface area (Å²) in [7, 11) is 1.49. The molecule has 0 fully saturated rings. The molecule has 4 rings (SSSR count). The summed E-state index contributed by atoms with van der Waals surface area (Å²) in [6.07, 6.45) is 0. The van der Waals surface area contributed by atoms with E-state index in [0.717, 1.165) is 11.1 Å². The lowest BCUT2D eigenvalue weighted by Crippen LogP contribution is -2.00. The molecule has 0 saturated carbocycles. The first kappa shape index (κ1) is 19.4. The number of H-pyrrole nitrogens is 1. The van der Waals surface area contributed by atoms with E-state index in [1.807, 2.05) is 13.0 Å². The van der Waals surface area contributed by atoms with Crippen molar-refractivity contribution in [3.63, 3.8) is 0 Å². The van der Waals surface area contributed by atoms with Crippen LogP contribution in [0.1, 0.15) is 21.5 Å². The van der Waals surface area contributed by atoms with Crippen LogP contribution >= 0.6 is 0 Å². The number of aromatic amines is 1. The molecular formula is C23H19FN2O4. The van der Waals surface area contributed by atoms with Crippen molar-refractivity contribution in [2.24, 2.45) is 0 Å². The van der Waals surface area contributed by atoms with Gasteiger partial charge in [0.05, 0.1) is 23.7 Å². The number of nitrogens with one attached hydrogen (secondary N) is 1. The summed E-state index contributed by atoms with van der Waals surface area (Å²) >= 11 is 0. The van der Waals surface area contributed by atoms with Gasteiger partial charge in [-0.05, 0) is 66.9 Å². The second-order valence-corrected chi connectivity index (χ2v) is 6.96. The molecule has 152 valence electrons. The maximum Gasteiger partial charge on any atom is 0.336 e. The highest BCUT2D eigenvalue weighted by atomic mass is 19.1. The Morgan fingerprint density at radius 2 is 1.77 bits per heavy atom. The van der Waals surface area contributed by atoms with Gasteiger partial charge in [-0.3, -0.25) is 0 Å². The number of carboxylic acid groups (broad SMARTS) is 1. The highest BCUT2D eigenvalue weighted by Crippen LogP contribution is 2.32. The monoisotopic (exact) mass is 406 g/mol. The number of aryl methyl sites for hydroxylation is 2. The molecule has 0 atom stereocenters. The Morgan fingerprint density at radius 1 is 1.00 bits per heavy atom. The van der Waals surface area contributed by atoms with E-state index in [-0.39, 0.29) is 17.4 Å². The van der Waals surface area contributed by atoms with Gasteiger partial charge in [0.25, 0.3) is 6.01 Å². The minimum atomic E-state index is -1.02. The zero-order chi connectivity index (χ0) is 21.4. The normalized spacial score (nSPS) is 10.9. The molecule has 0 amide bonds. The summed E-state index contributed by atoms with van der Waals surface area (Å²) in [4.78, 5) is 18.8.